The SMILES string of the molecule is CNc1nc(OC(C)C)nc(N(CCC(C)C)C2CC2)n1. The van der Waals surface area contributed by atoms with Gasteiger partial charge in [-0.05, 0) is 39.0 Å². The Hall–Kier alpha value is -1.59. The molecule has 0 aliphatic heterocycles. The molecule has 118 valence electrons. The van der Waals surface area contributed by atoms with Gasteiger partial charge in [0.25, 0.3) is 0 Å². The average molecular weight is 293 g/mol. The summed E-state index contributed by atoms with van der Waals surface area (Å²) in [6.07, 6.45) is 3.63. The van der Waals surface area contributed by atoms with E-state index in [1.165, 1.54) is 12.8 Å². The van der Waals surface area contributed by atoms with Gasteiger partial charge in [-0.15, -0.1) is 0 Å². The standard InChI is InChI=1S/C15H27N5O/c1-10(2)8-9-20(12-6-7-12)14-17-13(16-5)18-15(19-14)21-11(3)4/h10-12H,6-9H2,1-5H3,(H,16,17,18,19). The molecule has 0 saturated heterocycles. The van der Waals surface area contributed by atoms with Crippen molar-refractivity contribution in [3.05, 3.63) is 0 Å². The lowest BCUT2D eigenvalue weighted by molar-refractivity contribution is 0.222. The number of aromatic nitrogens is 3. The molecule has 0 unspecified atom stereocenters. The summed E-state index contributed by atoms with van der Waals surface area (Å²) in [5.41, 5.74) is 0. The predicted octanol–water partition coefficient (Wildman–Crippen LogP) is 2.72. The Balaban J connectivity index is 2.21. The fourth-order valence-electron chi connectivity index (χ4n) is 2.08. The minimum absolute atomic E-state index is 0.0509. The molecule has 2 rings (SSSR count). The number of hydrogen-bond acceptors (Lipinski definition) is 6. The first-order chi connectivity index (χ1) is 9.99. The number of nitrogens with zero attached hydrogens (tertiary/aromatic N) is 4. The molecule has 0 aromatic carbocycles. The van der Waals surface area contributed by atoms with Gasteiger partial charge in [0.15, 0.2) is 0 Å². The van der Waals surface area contributed by atoms with Gasteiger partial charge in [0, 0.05) is 19.6 Å². The van der Waals surface area contributed by atoms with Crippen molar-refractivity contribution in [1.82, 2.24) is 15.0 Å². The Morgan fingerprint density at radius 2 is 1.90 bits per heavy atom. The molecule has 1 saturated carbocycles. The molecule has 1 N–H and O–H groups in total. The summed E-state index contributed by atoms with van der Waals surface area (Å²) >= 11 is 0. The van der Waals surface area contributed by atoms with Gasteiger partial charge in [0.2, 0.25) is 11.9 Å². The summed E-state index contributed by atoms with van der Waals surface area (Å²) in [5.74, 6) is 1.96. The van der Waals surface area contributed by atoms with Crippen LogP contribution in [0.5, 0.6) is 6.01 Å². The largest absolute Gasteiger partial charge is 0.461 e. The van der Waals surface area contributed by atoms with E-state index in [-0.39, 0.29) is 6.10 Å². The summed E-state index contributed by atoms with van der Waals surface area (Å²) in [6, 6.07) is 0.970. The summed E-state index contributed by atoms with van der Waals surface area (Å²) in [6.45, 7) is 9.41. The number of hydrogen-bond donors (Lipinski definition) is 1. The minimum atomic E-state index is 0.0509. The van der Waals surface area contributed by atoms with Gasteiger partial charge < -0.3 is 15.0 Å². The molecule has 6 nitrogen and oxygen atoms in total. The number of nitrogens with one attached hydrogen (secondary N) is 1. The summed E-state index contributed by atoms with van der Waals surface area (Å²) in [7, 11) is 1.81. The molecule has 6 heteroatoms. The monoisotopic (exact) mass is 293 g/mol. The van der Waals surface area contributed by atoms with E-state index in [1.54, 1.807) is 0 Å². The second-order valence-electron chi connectivity index (χ2n) is 6.27. The Bertz CT molecular complexity index is 459. The van der Waals surface area contributed by atoms with Crippen LogP contribution in [0.3, 0.4) is 0 Å². The Morgan fingerprint density at radius 1 is 1.19 bits per heavy atom. The first kappa shape index (κ1) is 15.8. The van der Waals surface area contributed by atoms with Gasteiger partial charge in [-0.25, -0.2) is 0 Å². The van der Waals surface area contributed by atoms with E-state index in [2.05, 4.69) is 39.0 Å². The molecule has 1 aliphatic carbocycles. The molecule has 0 spiro atoms. The van der Waals surface area contributed by atoms with Gasteiger partial charge in [0.05, 0.1) is 6.10 Å². The van der Waals surface area contributed by atoms with Crippen molar-refractivity contribution in [3.63, 3.8) is 0 Å². The quantitative estimate of drug-likeness (QED) is 0.795. The fraction of sp³-hybridized carbons (Fsp3) is 0.800. The third-order valence-corrected chi connectivity index (χ3v) is 3.36. The van der Waals surface area contributed by atoms with Gasteiger partial charge in [-0.1, -0.05) is 13.8 Å². The van der Waals surface area contributed by atoms with E-state index < -0.39 is 0 Å². The summed E-state index contributed by atoms with van der Waals surface area (Å²) in [4.78, 5) is 15.6. The van der Waals surface area contributed by atoms with Crippen molar-refractivity contribution in [2.75, 3.05) is 23.8 Å². The van der Waals surface area contributed by atoms with Crippen LogP contribution in [0.25, 0.3) is 0 Å². The maximum absolute atomic E-state index is 5.64. The lowest BCUT2D eigenvalue weighted by Crippen LogP contribution is -2.30. The molecule has 0 atom stereocenters. The highest BCUT2D eigenvalue weighted by Crippen LogP contribution is 2.31. The summed E-state index contributed by atoms with van der Waals surface area (Å²) in [5, 5.41) is 2.99. The van der Waals surface area contributed by atoms with E-state index in [0.717, 1.165) is 18.9 Å². The van der Waals surface area contributed by atoms with Crippen LogP contribution in [0.1, 0.15) is 47.0 Å². The smallest absolute Gasteiger partial charge is 0.323 e. The van der Waals surface area contributed by atoms with Crippen molar-refractivity contribution in [2.24, 2.45) is 5.92 Å². The predicted molar refractivity (Wildman–Crippen MR) is 85.0 cm³/mol. The van der Waals surface area contributed by atoms with Gasteiger partial charge in [-0.2, -0.15) is 15.0 Å². The molecule has 0 amide bonds. The zero-order chi connectivity index (χ0) is 15.4. The molecule has 1 heterocycles. The van der Waals surface area contributed by atoms with Crippen LogP contribution in [-0.2, 0) is 0 Å². The number of rotatable bonds is 8. The zero-order valence-corrected chi connectivity index (χ0v) is 13.8. The van der Waals surface area contributed by atoms with Crippen LogP contribution in [0.15, 0.2) is 0 Å². The lowest BCUT2D eigenvalue weighted by Gasteiger charge is -2.24. The molecule has 1 aromatic rings. The molecule has 0 bridgehead atoms. The van der Waals surface area contributed by atoms with Crippen molar-refractivity contribution < 1.29 is 4.74 Å². The maximum atomic E-state index is 5.64. The maximum Gasteiger partial charge on any atom is 0.323 e. The minimum Gasteiger partial charge on any atom is -0.461 e. The van der Waals surface area contributed by atoms with Crippen LogP contribution < -0.4 is 15.0 Å². The average Bonchev–Trinajstić information content (AvgIpc) is 3.22. The van der Waals surface area contributed by atoms with Crippen LogP contribution in [0, 0.1) is 5.92 Å². The van der Waals surface area contributed by atoms with Gasteiger partial charge >= 0.3 is 6.01 Å². The first-order valence-corrected chi connectivity index (χ1v) is 7.86. The van der Waals surface area contributed by atoms with Crippen LogP contribution in [0.4, 0.5) is 11.9 Å². The zero-order valence-electron chi connectivity index (χ0n) is 13.8. The highest BCUT2D eigenvalue weighted by atomic mass is 16.5. The molecule has 1 aliphatic rings. The second kappa shape index (κ2) is 6.91. The van der Waals surface area contributed by atoms with Crippen LogP contribution in [-0.4, -0.2) is 40.7 Å². The van der Waals surface area contributed by atoms with Gasteiger partial charge in [-0.3, -0.25) is 0 Å². The molecular formula is C15H27N5O. The topological polar surface area (TPSA) is 63.2 Å². The van der Waals surface area contributed by atoms with Crippen molar-refractivity contribution in [1.29, 1.82) is 0 Å². The normalized spacial score (nSPS) is 14.6. The van der Waals surface area contributed by atoms with Crippen molar-refractivity contribution in [2.45, 2.75) is 59.1 Å². The number of ether oxygens (including phenoxy) is 1. The van der Waals surface area contributed by atoms with Crippen LogP contribution in [0.2, 0.25) is 0 Å². The molecule has 0 radical (unpaired) electrons. The van der Waals surface area contributed by atoms with Crippen molar-refractivity contribution >= 4 is 11.9 Å². The van der Waals surface area contributed by atoms with Gasteiger partial charge in [0.1, 0.15) is 0 Å². The van der Waals surface area contributed by atoms with E-state index in [1.807, 2.05) is 20.9 Å². The van der Waals surface area contributed by atoms with E-state index in [0.29, 0.717) is 23.9 Å². The van der Waals surface area contributed by atoms with E-state index in [4.69, 9.17) is 4.74 Å². The second-order valence-corrected chi connectivity index (χ2v) is 6.27. The lowest BCUT2D eigenvalue weighted by atomic mass is 10.1. The Kier molecular flexibility index (Phi) is 5.20. The highest BCUT2D eigenvalue weighted by Gasteiger charge is 2.31. The highest BCUT2D eigenvalue weighted by molar-refractivity contribution is 5.40. The van der Waals surface area contributed by atoms with Crippen LogP contribution >= 0.6 is 0 Å². The van der Waals surface area contributed by atoms with E-state index in [9.17, 15) is 0 Å². The summed E-state index contributed by atoms with van der Waals surface area (Å²) < 4.78 is 5.64. The third-order valence-electron chi connectivity index (χ3n) is 3.36. The molecule has 1 fully saturated rings. The number of anilines is 2. The molecular weight excluding hydrogens is 266 g/mol. The molecule has 1 aromatic heterocycles. The van der Waals surface area contributed by atoms with Crippen molar-refractivity contribution in [3.8, 4) is 6.01 Å². The first-order valence-electron chi connectivity index (χ1n) is 7.86. The fourth-order valence-corrected chi connectivity index (χ4v) is 2.08. The Morgan fingerprint density at radius 3 is 2.43 bits per heavy atom. The van der Waals surface area contributed by atoms with E-state index >= 15 is 0 Å². The third kappa shape index (κ3) is 4.72. The Labute approximate surface area is 127 Å². The molecule has 21 heavy (non-hydrogen) atoms.